The molecule has 0 fully saturated rings. The molecule has 0 saturated carbocycles. The molecule has 2 heterocycles. The second-order valence-corrected chi connectivity index (χ2v) is 4.98. The predicted molar refractivity (Wildman–Crippen MR) is 78.3 cm³/mol. The number of ether oxygens (including phenoxy) is 1. The topological polar surface area (TPSA) is 64.9 Å². The quantitative estimate of drug-likeness (QED) is 0.909. The average molecular weight is 275 g/mol. The lowest BCUT2D eigenvalue weighted by molar-refractivity contribution is 0.412. The monoisotopic (exact) mass is 275 g/mol. The second-order valence-electron chi connectivity index (χ2n) is 4.98. The Bertz CT molecular complexity index is 591. The summed E-state index contributed by atoms with van der Waals surface area (Å²) in [6.45, 7) is 8.88. The van der Waals surface area contributed by atoms with Gasteiger partial charge in [-0.05, 0) is 13.8 Å². The van der Waals surface area contributed by atoms with E-state index in [1.54, 1.807) is 10.7 Å². The lowest BCUT2D eigenvalue weighted by atomic mass is 10.2. The molecule has 0 atom stereocenters. The van der Waals surface area contributed by atoms with E-state index in [1.807, 2.05) is 27.0 Å². The van der Waals surface area contributed by atoms with E-state index in [2.05, 4.69) is 34.2 Å². The number of hydrogen-bond acceptors (Lipinski definition) is 5. The predicted octanol–water partition coefficient (Wildman–Crippen LogP) is 2.87. The van der Waals surface area contributed by atoms with Crippen molar-refractivity contribution < 1.29 is 4.74 Å². The molecule has 108 valence electrons. The molecule has 0 aromatic carbocycles. The van der Waals surface area contributed by atoms with Crippen molar-refractivity contribution in [1.82, 2.24) is 19.7 Å². The van der Waals surface area contributed by atoms with Crippen molar-refractivity contribution in [2.75, 3.05) is 11.9 Å². The van der Waals surface area contributed by atoms with Gasteiger partial charge >= 0.3 is 0 Å². The Morgan fingerprint density at radius 1 is 1.30 bits per heavy atom. The van der Waals surface area contributed by atoms with Crippen LogP contribution in [0.1, 0.15) is 38.2 Å². The smallest absolute Gasteiger partial charge is 0.226 e. The summed E-state index contributed by atoms with van der Waals surface area (Å²) in [6, 6.07) is 3.68. The summed E-state index contributed by atoms with van der Waals surface area (Å²) >= 11 is 0. The molecule has 2 rings (SSSR count). The standard InChI is InChI=1S/C14H21N5O/c1-6-15-11-8-12(17-14(16-11)9(2)3)20-13-7-10(4)18-19(13)5/h7-9H,6H2,1-5H3,(H,15,16,17). The summed E-state index contributed by atoms with van der Waals surface area (Å²) in [5, 5.41) is 7.45. The number of nitrogens with zero attached hydrogens (tertiary/aromatic N) is 4. The molecule has 0 aliphatic rings. The SMILES string of the molecule is CCNc1cc(Oc2cc(C)nn2C)nc(C(C)C)n1. The molecule has 6 nitrogen and oxygen atoms in total. The van der Waals surface area contributed by atoms with Gasteiger partial charge in [-0.1, -0.05) is 13.8 Å². The highest BCUT2D eigenvalue weighted by molar-refractivity contribution is 5.39. The molecule has 6 heteroatoms. The van der Waals surface area contributed by atoms with E-state index < -0.39 is 0 Å². The van der Waals surface area contributed by atoms with Crippen LogP contribution in [0.3, 0.4) is 0 Å². The van der Waals surface area contributed by atoms with Gasteiger partial charge in [0.15, 0.2) is 0 Å². The van der Waals surface area contributed by atoms with Gasteiger partial charge in [0.2, 0.25) is 11.8 Å². The van der Waals surface area contributed by atoms with Gasteiger partial charge in [-0.2, -0.15) is 10.1 Å². The molecule has 0 amide bonds. The molecule has 0 spiro atoms. The van der Waals surface area contributed by atoms with E-state index in [9.17, 15) is 0 Å². The van der Waals surface area contributed by atoms with Crippen molar-refractivity contribution >= 4 is 5.82 Å². The summed E-state index contributed by atoms with van der Waals surface area (Å²) in [5.74, 6) is 2.97. The van der Waals surface area contributed by atoms with E-state index in [4.69, 9.17) is 4.74 Å². The third-order valence-corrected chi connectivity index (χ3v) is 2.76. The summed E-state index contributed by atoms with van der Waals surface area (Å²) in [5.41, 5.74) is 0.910. The normalized spacial score (nSPS) is 10.9. The van der Waals surface area contributed by atoms with Crippen LogP contribution in [0.5, 0.6) is 11.8 Å². The largest absolute Gasteiger partial charge is 0.421 e. The zero-order chi connectivity index (χ0) is 14.7. The maximum absolute atomic E-state index is 5.82. The molecule has 2 aromatic heterocycles. The fraction of sp³-hybridized carbons (Fsp3) is 0.500. The molecule has 0 radical (unpaired) electrons. The van der Waals surface area contributed by atoms with Gasteiger partial charge in [0, 0.05) is 31.6 Å². The zero-order valence-electron chi connectivity index (χ0n) is 12.6. The molecule has 0 bridgehead atoms. The number of aryl methyl sites for hydroxylation is 2. The Morgan fingerprint density at radius 2 is 2.05 bits per heavy atom. The first-order chi connectivity index (χ1) is 9.49. The van der Waals surface area contributed by atoms with Crippen molar-refractivity contribution in [3.8, 4) is 11.8 Å². The van der Waals surface area contributed by atoms with Crippen LogP contribution < -0.4 is 10.1 Å². The number of hydrogen-bond donors (Lipinski definition) is 1. The number of anilines is 1. The van der Waals surface area contributed by atoms with E-state index in [0.29, 0.717) is 11.8 Å². The maximum atomic E-state index is 5.82. The highest BCUT2D eigenvalue weighted by Crippen LogP contribution is 2.24. The molecule has 0 aliphatic carbocycles. The molecular formula is C14H21N5O. The number of aromatic nitrogens is 4. The van der Waals surface area contributed by atoms with Crippen molar-refractivity contribution in [2.24, 2.45) is 7.05 Å². The average Bonchev–Trinajstić information content (AvgIpc) is 2.68. The third-order valence-electron chi connectivity index (χ3n) is 2.76. The highest BCUT2D eigenvalue weighted by Gasteiger charge is 2.11. The fourth-order valence-corrected chi connectivity index (χ4v) is 1.81. The van der Waals surface area contributed by atoms with Crippen LogP contribution in [-0.2, 0) is 7.05 Å². The Morgan fingerprint density at radius 3 is 2.60 bits per heavy atom. The van der Waals surface area contributed by atoms with Crippen LogP contribution in [0.25, 0.3) is 0 Å². The van der Waals surface area contributed by atoms with Crippen molar-refractivity contribution in [1.29, 1.82) is 0 Å². The van der Waals surface area contributed by atoms with Crippen LogP contribution in [0.15, 0.2) is 12.1 Å². The molecule has 20 heavy (non-hydrogen) atoms. The Kier molecular flexibility index (Phi) is 4.22. The van der Waals surface area contributed by atoms with Crippen LogP contribution in [0, 0.1) is 6.92 Å². The van der Waals surface area contributed by atoms with Crippen LogP contribution >= 0.6 is 0 Å². The minimum absolute atomic E-state index is 0.240. The Balaban J connectivity index is 2.32. The van der Waals surface area contributed by atoms with Crippen LogP contribution in [-0.4, -0.2) is 26.3 Å². The molecule has 0 aliphatic heterocycles. The van der Waals surface area contributed by atoms with Gasteiger partial charge in [-0.15, -0.1) is 0 Å². The minimum atomic E-state index is 0.240. The van der Waals surface area contributed by atoms with Crippen LogP contribution in [0.2, 0.25) is 0 Å². The Hall–Kier alpha value is -2.11. The van der Waals surface area contributed by atoms with E-state index >= 15 is 0 Å². The van der Waals surface area contributed by atoms with E-state index in [-0.39, 0.29) is 5.92 Å². The summed E-state index contributed by atoms with van der Waals surface area (Å²) < 4.78 is 7.51. The van der Waals surface area contributed by atoms with Crippen molar-refractivity contribution in [2.45, 2.75) is 33.6 Å². The van der Waals surface area contributed by atoms with Crippen LogP contribution in [0.4, 0.5) is 5.82 Å². The number of nitrogens with one attached hydrogen (secondary N) is 1. The van der Waals surface area contributed by atoms with Crippen molar-refractivity contribution in [3.63, 3.8) is 0 Å². The first-order valence-electron chi connectivity index (χ1n) is 6.81. The first-order valence-corrected chi connectivity index (χ1v) is 6.81. The van der Waals surface area contributed by atoms with Gasteiger partial charge in [0.05, 0.1) is 5.69 Å². The summed E-state index contributed by atoms with van der Waals surface area (Å²) in [4.78, 5) is 8.91. The van der Waals surface area contributed by atoms with Crippen molar-refractivity contribution in [3.05, 3.63) is 23.7 Å². The second kappa shape index (κ2) is 5.90. The van der Waals surface area contributed by atoms with Gasteiger partial charge in [0.1, 0.15) is 11.6 Å². The molecular weight excluding hydrogens is 254 g/mol. The summed E-state index contributed by atoms with van der Waals surface area (Å²) in [6.07, 6.45) is 0. The lowest BCUT2D eigenvalue weighted by Crippen LogP contribution is -2.06. The molecule has 2 aromatic rings. The maximum Gasteiger partial charge on any atom is 0.226 e. The van der Waals surface area contributed by atoms with E-state index in [1.165, 1.54) is 0 Å². The van der Waals surface area contributed by atoms with Gasteiger partial charge < -0.3 is 10.1 Å². The first kappa shape index (κ1) is 14.3. The third kappa shape index (κ3) is 3.26. The lowest BCUT2D eigenvalue weighted by Gasteiger charge is -2.11. The summed E-state index contributed by atoms with van der Waals surface area (Å²) in [7, 11) is 1.85. The zero-order valence-corrected chi connectivity index (χ0v) is 12.6. The number of rotatable bonds is 5. The fourth-order valence-electron chi connectivity index (χ4n) is 1.81. The van der Waals surface area contributed by atoms with Gasteiger partial charge in [-0.3, -0.25) is 0 Å². The van der Waals surface area contributed by atoms with Gasteiger partial charge in [-0.25, -0.2) is 9.67 Å². The molecule has 0 unspecified atom stereocenters. The van der Waals surface area contributed by atoms with Gasteiger partial charge in [0.25, 0.3) is 0 Å². The minimum Gasteiger partial charge on any atom is -0.421 e. The molecule has 1 N–H and O–H groups in total. The highest BCUT2D eigenvalue weighted by atomic mass is 16.5. The molecule has 0 saturated heterocycles. The Labute approximate surface area is 119 Å². The van der Waals surface area contributed by atoms with E-state index in [0.717, 1.165) is 23.9 Å².